The highest BCUT2D eigenvalue weighted by atomic mass is 16.5. The van der Waals surface area contributed by atoms with Crippen LogP contribution in [0.3, 0.4) is 0 Å². The second kappa shape index (κ2) is 4.91. The summed E-state index contributed by atoms with van der Waals surface area (Å²) in [5.74, 6) is 1.53. The molecule has 0 unspecified atom stereocenters. The number of hydrogen-bond acceptors (Lipinski definition) is 2. The monoisotopic (exact) mass is 227 g/mol. The average Bonchev–Trinajstić information content (AvgIpc) is 2.34. The van der Waals surface area contributed by atoms with Crippen molar-refractivity contribution in [2.75, 3.05) is 5.73 Å². The Morgan fingerprint density at radius 3 is 2.35 bits per heavy atom. The number of nitrogen functional groups attached to an aromatic ring is 1. The third-order valence-corrected chi connectivity index (χ3v) is 2.72. The van der Waals surface area contributed by atoms with Gasteiger partial charge in [0.05, 0.1) is 5.69 Å². The predicted octanol–water partition coefficient (Wildman–Crippen LogP) is 3.93. The van der Waals surface area contributed by atoms with E-state index in [9.17, 15) is 0 Å². The molecule has 0 aliphatic rings. The second-order valence-corrected chi connectivity index (χ2v) is 4.14. The number of anilines is 1. The summed E-state index contributed by atoms with van der Waals surface area (Å²) in [6.07, 6.45) is 1.03. The fourth-order valence-electron chi connectivity index (χ4n) is 1.68. The number of rotatable bonds is 3. The summed E-state index contributed by atoms with van der Waals surface area (Å²) in [6.45, 7) is 4.14. The Hall–Kier alpha value is -1.96. The van der Waals surface area contributed by atoms with Crippen LogP contribution in [0.5, 0.6) is 11.5 Å². The lowest BCUT2D eigenvalue weighted by Crippen LogP contribution is -1.92. The number of nitrogens with two attached hydrogens (primary N) is 1. The van der Waals surface area contributed by atoms with Crippen LogP contribution in [0, 0.1) is 6.92 Å². The van der Waals surface area contributed by atoms with Crippen molar-refractivity contribution >= 4 is 5.69 Å². The summed E-state index contributed by atoms with van der Waals surface area (Å²) >= 11 is 0. The third-order valence-electron chi connectivity index (χ3n) is 2.72. The van der Waals surface area contributed by atoms with E-state index in [1.54, 1.807) is 0 Å². The van der Waals surface area contributed by atoms with Crippen molar-refractivity contribution in [3.63, 3.8) is 0 Å². The first-order chi connectivity index (χ1) is 8.19. The molecule has 0 atom stereocenters. The molecule has 0 aliphatic heterocycles. The minimum absolute atomic E-state index is 0.671. The Morgan fingerprint density at radius 1 is 1.06 bits per heavy atom. The Labute approximate surface area is 102 Å². The van der Waals surface area contributed by atoms with E-state index in [1.165, 1.54) is 5.56 Å². The molecule has 17 heavy (non-hydrogen) atoms. The van der Waals surface area contributed by atoms with Crippen LogP contribution < -0.4 is 10.5 Å². The van der Waals surface area contributed by atoms with Crippen LogP contribution in [0.4, 0.5) is 5.69 Å². The zero-order valence-corrected chi connectivity index (χ0v) is 10.2. The lowest BCUT2D eigenvalue weighted by atomic mass is 10.2. The number of benzene rings is 2. The lowest BCUT2D eigenvalue weighted by molar-refractivity contribution is 0.485. The molecule has 0 spiro atoms. The zero-order valence-electron chi connectivity index (χ0n) is 10.2. The van der Waals surface area contributed by atoms with Crippen molar-refractivity contribution in [3.05, 3.63) is 53.6 Å². The van der Waals surface area contributed by atoms with Crippen molar-refractivity contribution < 1.29 is 4.74 Å². The maximum Gasteiger partial charge on any atom is 0.150 e. The zero-order chi connectivity index (χ0) is 12.3. The van der Waals surface area contributed by atoms with Crippen LogP contribution >= 0.6 is 0 Å². The quantitative estimate of drug-likeness (QED) is 0.806. The van der Waals surface area contributed by atoms with Gasteiger partial charge in [-0.2, -0.15) is 0 Å². The van der Waals surface area contributed by atoms with Crippen LogP contribution in [-0.2, 0) is 6.42 Å². The molecule has 2 heteroatoms. The smallest absolute Gasteiger partial charge is 0.150 e. The Kier molecular flexibility index (Phi) is 3.33. The normalized spacial score (nSPS) is 10.2. The highest BCUT2D eigenvalue weighted by Crippen LogP contribution is 2.28. The van der Waals surface area contributed by atoms with Crippen molar-refractivity contribution in [3.8, 4) is 11.5 Å². The molecule has 0 fully saturated rings. The molecular formula is C15H17NO. The summed E-state index contributed by atoms with van der Waals surface area (Å²) in [7, 11) is 0. The molecule has 0 aliphatic carbocycles. The molecule has 2 rings (SSSR count). The lowest BCUT2D eigenvalue weighted by Gasteiger charge is -2.09. The van der Waals surface area contributed by atoms with E-state index in [-0.39, 0.29) is 0 Å². The van der Waals surface area contributed by atoms with Crippen LogP contribution in [-0.4, -0.2) is 0 Å². The molecule has 0 saturated carbocycles. The fourth-order valence-corrected chi connectivity index (χ4v) is 1.68. The molecule has 2 nitrogen and oxygen atoms in total. The first-order valence-electron chi connectivity index (χ1n) is 5.82. The van der Waals surface area contributed by atoms with Gasteiger partial charge in [-0.25, -0.2) is 0 Å². The Bertz CT molecular complexity index is 503. The predicted molar refractivity (Wildman–Crippen MR) is 71.5 cm³/mol. The maximum absolute atomic E-state index is 5.90. The van der Waals surface area contributed by atoms with Gasteiger partial charge in [0, 0.05) is 0 Å². The molecule has 88 valence electrons. The van der Waals surface area contributed by atoms with Crippen LogP contribution in [0.2, 0.25) is 0 Å². The molecule has 0 saturated heterocycles. The van der Waals surface area contributed by atoms with Gasteiger partial charge >= 0.3 is 0 Å². The van der Waals surface area contributed by atoms with Crippen LogP contribution in [0.25, 0.3) is 0 Å². The van der Waals surface area contributed by atoms with Crippen molar-refractivity contribution in [1.29, 1.82) is 0 Å². The fraction of sp³-hybridized carbons (Fsp3) is 0.200. The van der Waals surface area contributed by atoms with E-state index in [4.69, 9.17) is 10.5 Å². The minimum Gasteiger partial charge on any atom is -0.455 e. The SMILES string of the molecule is CCc1ccc(Oc2ccc(C)cc2N)cc1. The summed E-state index contributed by atoms with van der Waals surface area (Å²) < 4.78 is 5.74. The van der Waals surface area contributed by atoms with E-state index in [0.29, 0.717) is 11.4 Å². The summed E-state index contributed by atoms with van der Waals surface area (Å²) in [5.41, 5.74) is 9.01. The van der Waals surface area contributed by atoms with Gasteiger partial charge in [0.2, 0.25) is 0 Å². The van der Waals surface area contributed by atoms with Crippen LogP contribution in [0.15, 0.2) is 42.5 Å². The van der Waals surface area contributed by atoms with Gasteiger partial charge in [-0.3, -0.25) is 0 Å². The van der Waals surface area contributed by atoms with Gasteiger partial charge < -0.3 is 10.5 Å². The van der Waals surface area contributed by atoms with Gasteiger partial charge in [0.1, 0.15) is 11.5 Å². The minimum atomic E-state index is 0.671. The standard InChI is InChI=1S/C15H17NO/c1-3-12-5-7-13(8-6-12)17-15-9-4-11(2)10-14(15)16/h4-10H,3,16H2,1-2H3. The van der Waals surface area contributed by atoms with Gasteiger partial charge in [-0.05, 0) is 48.7 Å². The highest BCUT2D eigenvalue weighted by molar-refractivity contribution is 5.55. The van der Waals surface area contributed by atoms with Gasteiger partial charge in [-0.15, -0.1) is 0 Å². The Balaban J connectivity index is 2.19. The van der Waals surface area contributed by atoms with E-state index >= 15 is 0 Å². The molecule has 0 bridgehead atoms. The van der Waals surface area contributed by atoms with E-state index < -0.39 is 0 Å². The van der Waals surface area contributed by atoms with Gasteiger partial charge in [0.25, 0.3) is 0 Å². The number of ether oxygens (including phenoxy) is 1. The molecule has 2 N–H and O–H groups in total. The average molecular weight is 227 g/mol. The Morgan fingerprint density at radius 2 is 1.76 bits per heavy atom. The molecular weight excluding hydrogens is 210 g/mol. The molecule has 2 aromatic rings. The van der Waals surface area contributed by atoms with Gasteiger partial charge in [-0.1, -0.05) is 25.1 Å². The molecule has 0 radical (unpaired) electrons. The summed E-state index contributed by atoms with van der Waals surface area (Å²) in [6, 6.07) is 13.9. The number of aryl methyl sites for hydroxylation is 2. The van der Waals surface area contributed by atoms with Crippen molar-refractivity contribution in [1.82, 2.24) is 0 Å². The first-order valence-corrected chi connectivity index (χ1v) is 5.82. The van der Waals surface area contributed by atoms with E-state index in [0.717, 1.165) is 17.7 Å². The maximum atomic E-state index is 5.90. The van der Waals surface area contributed by atoms with Crippen LogP contribution in [0.1, 0.15) is 18.1 Å². The molecule has 0 aromatic heterocycles. The molecule has 0 amide bonds. The summed E-state index contributed by atoms with van der Waals surface area (Å²) in [5, 5.41) is 0. The van der Waals surface area contributed by atoms with E-state index in [1.807, 2.05) is 37.3 Å². The van der Waals surface area contributed by atoms with E-state index in [2.05, 4.69) is 19.1 Å². The van der Waals surface area contributed by atoms with Gasteiger partial charge in [0.15, 0.2) is 0 Å². The molecule has 0 heterocycles. The number of hydrogen-bond donors (Lipinski definition) is 1. The summed E-state index contributed by atoms with van der Waals surface area (Å²) in [4.78, 5) is 0. The largest absolute Gasteiger partial charge is 0.455 e. The van der Waals surface area contributed by atoms with Crippen molar-refractivity contribution in [2.24, 2.45) is 0 Å². The third kappa shape index (κ3) is 2.78. The molecule has 2 aromatic carbocycles. The second-order valence-electron chi connectivity index (χ2n) is 4.14. The highest BCUT2D eigenvalue weighted by Gasteiger charge is 2.02. The topological polar surface area (TPSA) is 35.2 Å². The van der Waals surface area contributed by atoms with Crippen molar-refractivity contribution in [2.45, 2.75) is 20.3 Å². The first kappa shape index (κ1) is 11.5.